The lowest BCUT2D eigenvalue weighted by atomic mass is 10.4. The van der Waals surface area contributed by atoms with Gasteiger partial charge in [-0.1, -0.05) is 18.3 Å². The minimum Gasteiger partial charge on any atom is -0.382 e. The van der Waals surface area contributed by atoms with E-state index >= 15 is 0 Å². The molecular weight excluding hydrogens is 314 g/mol. The molecule has 1 aromatic rings. The number of amides is 1. The van der Waals surface area contributed by atoms with Crippen molar-refractivity contribution in [3.63, 3.8) is 0 Å². The topological polar surface area (TPSA) is 126 Å². The van der Waals surface area contributed by atoms with Crippen LogP contribution in [0.5, 0.6) is 0 Å². The van der Waals surface area contributed by atoms with Crippen LogP contribution in [0, 0.1) is 0 Å². The van der Waals surface area contributed by atoms with Crippen molar-refractivity contribution in [2.24, 2.45) is 0 Å². The molecule has 21 heavy (non-hydrogen) atoms. The Morgan fingerprint density at radius 1 is 1.48 bits per heavy atom. The molecule has 8 nitrogen and oxygen atoms in total. The molecule has 1 amide bonds. The van der Waals surface area contributed by atoms with E-state index in [-0.39, 0.29) is 18.1 Å². The molecule has 0 aliphatic heterocycles. The van der Waals surface area contributed by atoms with E-state index in [0.29, 0.717) is 22.6 Å². The predicted octanol–water partition coefficient (Wildman–Crippen LogP) is -0.0313. The van der Waals surface area contributed by atoms with E-state index in [1.54, 1.807) is 6.92 Å². The van der Waals surface area contributed by atoms with Gasteiger partial charge in [-0.3, -0.25) is 4.79 Å². The molecule has 1 aliphatic carbocycles. The fourth-order valence-electron chi connectivity index (χ4n) is 1.63. The highest BCUT2D eigenvalue weighted by Crippen LogP contribution is 2.30. The van der Waals surface area contributed by atoms with E-state index in [0.717, 1.165) is 12.8 Å². The third-order valence-electron chi connectivity index (χ3n) is 2.79. The molecule has 0 bridgehead atoms. The molecule has 10 heteroatoms. The standard InChI is InChI=1S/C11H19N5O3S2/c1-2-14-21(18,19)6-5-13-10(17)8-9(12)16-11(20-8)15-7-3-4-7/h7,14H,2-6,12H2,1H3,(H,13,17)(H,15,16). The van der Waals surface area contributed by atoms with Gasteiger partial charge in [-0.2, -0.15) is 0 Å². The van der Waals surface area contributed by atoms with Crippen molar-refractivity contribution < 1.29 is 13.2 Å². The summed E-state index contributed by atoms with van der Waals surface area (Å²) in [6.07, 6.45) is 2.20. The van der Waals surface area contributed by atoms with Gasteiger partial charge in [0.05, 0.1) is 5.75 Å². The molecule has 118 valence electrons. The third-order valence-corrected chi connectivity index (χ3v) is 5.26. The number of carbonyl (C=O) groups excluding carboxylic acids is 1. The summed E-state index contributed by atoms with van der Waals surface area (Å²) in [4.78, 5) is 16.4. The maximum atomic E-state index is 12.0. The average Bonchev–Trinajstić information content (AvgIpc) is 3.11. The van der Waals surface area contributed by atoms with Gasteiger partial charge in [0.1, 0.15) is 10.7 Å². The Labute approximate surface area is 127 Å². The predicted molar refractivity (Wildman–Crippen MR) is 83.0 cm³/mol. The molecule has 1 aliphatic rings. The van der Waals surface area contributed by atoms with Gasteiger partial charge in [0.15, 0.2) is 5.13 Å². The molecule has 5 N–H and O–H groups in total. The molecule has 0 radical (unpaired) electrons. The molecule has 1 heterocycles. The Balaban J connectivity index is 1.86. The van der Waals surface area contributed by atoms with E-state index in [1.165, 1.54) is 11.3 Å². The van der Waals surface area contributed by atoms with Gasteiger partial charge in [0, 0.05) is 19.1 Å². The summed E-state index contributed by atoms with van der Waals surface area (Å²) in [6.45, 7) is 2.05. The summed E-state index contributed by atoms with van der Waals surface area (Å²) in [5.41, 5.74) is 5.71. The highest BCUT2D eigenvalue weighted by molar-refractivity contribution is 7.89. The molecule has 2 rings (SSSR count). The molecular formula is C11H19N5O3S2. The Morgan fingerprint density at radius 3 is 2.81 bits per heavy atom. The van der Waals surface area contributed by atoms with Crippen LogP contribution in [-0.4, -0.2) is 44.2 Å². The van der Waals surface area contributed by atoms with Crippen molar-refractivity contribution in [1.29, 1.82) is 0 Å². The number of rotatable bonds is 8. The van der Waals surface area contributed by atoms with Gasteiger partial charge < -0.3 is 16.4 Å². The van der Waals surface area contributed by atoms with Crippen LogP contribution < -0.4 is 21.1 Å². The number of thiazole rings is 1. The van der Waals surface area contributed by atoms with Gasteiger partial charge in [-0.15, -0.1) is 0 Å². The van der Waals surface area contributed by atoms with Crippen LogP contribution in [0.15, 0.2) is 0 Å². The molecule has 0 aromatic carbocycles. The van der Waals surface area contributed by atoms with E-state index in [1.807, 2.05) is 0 Å². The van der Waals surface area contributed by atoms with E-state index in [2.05, 4.69) is 20.3 Å². The Morgan fingerprint density at radius 2 is 2.19 bits per heavy atom. The van der Waals surface area contributed by atoms with E-state index in [4.69, 9.17) is 5.73 Å². The van der Waals surface area contributed by atoms with Crippen LogP contribution in [-0.2, 0) is 10.0 Å². The molecule has 1 aromatic heterocycles. The third kappa shape index (κ3) is 4.83. The van der Waals surface area contributed by atoms with Gasteiger partial charge in [-0.05, 0) is 12.8 Å². The maximum absolute atomic E-state index is 12.0. The summed E-state index contributed by atoms with van der Waals surface area (Å²) in [5.74, 6) is -0.408. The number of sulfonamides is 1. The van der Waals surface area contributed by atoms with Gasteiger partial charge in [0.25, 0.3) is 5.91 Å². The molecule has 0 unspecified atom stereocenters. The number of hydrogen-bond donors (Lipinski definition) is 4. The summed E-state index contributed by atoms with van der Waals surface area (Å²) in [5, 5.41) is 6.34. The number of nitrogens with two attached hydrogens (primary N) is 1. The Bertz CT molecular complexity index is 609. The second-order valence-electron chi connectivity index (χ2n) is 4.72. The number of hydrogen-bond acceptors (Lipinski definition) is 7. The molecule has 1 saturated carbocycles. The van der Waals surface area contributed by atoms with Gasteiger partial charge in [-0.25, -0.2) is 18.1 Å². The lowest BCUT2D eigenvalue weighted by Crippen LogP contribution is -2.34. The second-order valence-corrected chi connectivity index (χ2v) is 7.65. The highest BCUT2D eigenvalue weighted by atomic mass is 32.2. The number of nitrogens with zero attached hydrogens (tertiary/aromatic N) is 1. The van der Waals surface area contributed by atoms with Gasteiger partial charge >= 0.3 is 0 Å². The zero-order chi connectivity index (χ0) is 15.5. The van der Waals surface area contributed by atoms with Crippen LogP contribution in [0.4, 0.5) is 10.9 Å². The van der Waals surface area contributed by atoms with Crippen molar-refractivity contribution in [2.75, 3.05) is 29.9 Å². The largest absolute Gasteiger partial charge is 0.382 e. The fourth-order valence-corrected chi connectivity index (χ4v) is 3.46. The van der Waals surface area contributed by atoms with Crippen molar-refractivity contribution >= 4 is 38.2 Å². The first-order chi connectivity index (χ1) is 9.91. The van der Waals surface area contributed by atoms with E-state index < -0.39 is 15.9 Å². The van der Waals surface area contributed by atoms with Crippen molar-refractivity contribution in [3.05, 3.63) is 4.88 Å². The SMILES string of the molecule is CCNS(=O)(=O)CCNC(=O)c1sc(NC2CC2)nc1N. The van der Waals surface area contributed by atoms with Crippen molar-refractivity contribution in [1.82, 2.24) is 15.0 Å². The summed E-state index contributed by atoms with van der Waals surface area (Å²) in [6, 6.07) is 0.428. The van der Waals surface area contributed by atoms with Gasteiger partial charge in [0.2, 0.25) is 10.0 Å². The van der Waals surface area contributed by atoms with Crippen LogP contribution in [0.25, 0.3) is 0 Å². The van der Waals surface area contributed by atoms with Crippen LogP contribution >= 0.6 is 11.3 Å². The van der Waals surface area contributed by atoms with Crippen LogP contribution in [0.3, 0.4) is 0 Å². The minimum absolute atomic E-state index is 0.0247. The zero-order valence-corrected chi connectivity index (χ0v) is 13.3. The molecule has 1 fully saturated rings. The van der Waals surface area contributed by atoms with Crippen LogP contribution in [0.1, 0.15) is 29.4 Å². The first-order valence-corrected chi connectivity index (χ1v) is 9.16. The Hall–Kier alpha value is -1.39. The lowest BCUT2D eigenvalue weighted by Gasteiger charge is -2.05. The van der Waals surface area contributed by atoms with Crippen LogP contribution in [0.2, 0.25) is 0 Å². The summed E-state index contributed by atoms with van der Waals surface area (Å²) in [7, 11) is -3.34. The first-order valence-electron chi connectivity index (χ1n) is 6.69. The summed E-state index contributed by atoms with van der Waals surface area (Å²) < 4.78 is 25.2. The average molecular weight is 333 g/mol. The number of aromatic nitrogens is 1. The number of anilines is 2. The lowest BCUT2D eigenvalue weighted by molar-refractivity contribution is 0.0961. The fraction of sp³-hybridized carbons (Fsp3) is 0.636. The van der Waals surface area contributed by atoms with Crippen molar-refractivity contribution in [2.45, 2.75) is 25.8 Å². The zero-order valence-electron chi connectivity index (χ0n) is 11.7. The summed E-state index contributed by atoms with van der Waals surface area (Å²) >= 11 is 1.18. The van der Waals surface area contributed by atoms with E-state index in [9.17, 15) is 13.2 Å². The second kappa shape index (κ2) is 6.58. The number of carbonyl (C=O) groups is 1. The number of nitrogen functional groups attached to an aromatic ring is 1. The maximum Gasteiger partial charge on any atom is 0.265 e. The molecule has 0 atom stereocenters. The Kier molecular flexibility index (Phi) is 5.01. The normalized spacial score (nSPS) is 14.9. The first kappa shape index (κ1) is 16.0. The highest BCUT2D eigenvalue weighted by Gasteiger charge is 2.24. The monoisotopic (exact) mass is 333 g/mol. The smallest absolute Gasteiger partial charge is 0.265 e. The minimum atomic E-state index is -3.34. The number of nitrogens with one attached hydrogen (secondary N) is 3. The molecule has 0 spiro atoms. The molecule has 0 saturated heterocycles. The van der Waals surface area contributed by atoms with Crippen molar-refractivity contribution in [3.8, 4) is 0 Å². The quantitative estimate of drug-likeness (QED) is 0.529.